The Balaban J connectivity index is 2.31. The molecule has 1 atom stereocenters. The number of para-hydroxylation sites is 1. The summed E-state index contributed by atoms with van der Waals surface area (Å²) < 4.78 is 0. The summed E-state index contributed by atoms with van der Waals surface area (Å²) in [7, 11) is 1.88. The quantitative estimate of drug-likeness (QED) is 0.879. The van der Waals surface area contributed by atoms with Crippen LogP contribution in [0.15, 0.2) is 30.3 Å². The molecule has 0 aliphatic heterocycles. The van der Waals surface area contributed by atoms with E-state index in [2.05, 4.69) is 15.6 Å². The lowest BCUT2D eigenvalue weighted by atomic mass is 10.1. The van der Waals surface area contributed by atoms with Crippen molar-refractivity contribution in [3.63, 3.8) is 0 Å². The number of aromatic nitrogens is 1. The van der Waals surface area contributed by atoms with Crippen LogP contribution in [0.3, 0.4) is 0 Å². The zero-order valence-corrected chi connectivity index (χ0v) is 11.5. The lowest BCUT2D eigenvalue weighted by Gasteiger charge is -2.12. The molecular weight excluding hydrogens is 238 g/mol. The predicted molar refractivity (Wildman–Crippen MR) is 77.3 cm³/mol. The minimum absolute atomic E-state index is 0.0520. The fourth-order valence-corrected chi connectivity index (χ4v) is 1.94. The summed E-state index contributed by atoms with van der Waals surface area (Å²) in [6.45, 7) is 4.53. The summed E-state index contributed by atoms with van der Waals surface area (Å²) in [5.41, 5.74) is 2.39. The van der Waals surface area contributed by atoms with Crippen molar-refractivity contribution in [2.75, 3.05) is 13.6 Å². The summed E-state index contributed by atoms with van der Waals surface area (Å²) >= 11 is 0. The molecule has 19 heavy (non-hydrogen) atoms. The number of nitrogens with zero attached hydrogens (tertiary/aromatic N) is 1. The van der Waals surface area contributed by atoms with E-state index in [1.54, 1.807) is 0 Å². The fourth-order valence-electron chi connectivity index (χ4n) is 1.94. The maximum absolute atomic E-state index is 12.3. The SMILES string of the molecule is CNC(C)CNC(=O)c1cc(C)nc2ccccc12. The van der Waals surface area contributed by atoms with Crippen molar-refractivity contribution in [2.24, 2.45) is 0 Å². The van der Waals surface area contributed by atoms with Gasteiger partial charge in [-0.2, -0.15) is 0 Å². The van der Waals surface area contributed by atoms with Gasteiger partial charge in [0, 0.05) is 23.7 Å². The Morgan fingerprint density at radius 3 is 2.84 bits per heavy atom. The Kier molecular flexibility index (Phi) is 4.12. The van der Waals surface area contributed by atoms with Crippen LogP contribution in [0.2, 0.25) is 0 Å². The molecule has 1 unspecified atom stereocenters. The van der Waals surface area contributed by atoms with Crippen molar-refractivity contribution >= 4 is 16.8 Å². The van der Waals surface area contributed by atoms with Crippen molar-refractivity contribution in [3.05, 3.63) is 41.6 Å². The van der Waals surface area contributed by atoms with Gasteiger partial charge in [-0.3, -0.25) is 9.78 Å². The molecule has 0 fully saturated rings. The number of rotatable bonds is 4. The second-order valence-electron chi connectivity index (χ2n) is 4.73. The Labute approximate surface area is 113 Å². The van der Waals surface area contributed by atoms with E-state index in [0.717, 1.165) is 16.6 Å². The normalized spacial score (nSPS) is 12.4. The number of hydrogen-bond donors (Lipinski definition) is 2. The van der Waals surface area contributed by atoms with Crippen LogP contribution in [0.4, 0.5) is 0 Å². The van der Waals surface area contributed by atoms with E-state index >= 15 is 0 Å². The highest BCUT2D eigenvalue weighted by atomic mass is 16.1. The number of aryl methyl sites for hydroxylation is 1. The lowest BCUT2D eigenvalue weighted by molar-refractivity contribution is 0.0952. The monoisotopic (exact) mass is 257 g/mol. The minimum Gasteiger partial charge on any atom is -0.350 e. The molecule has 100 valence electrons. The number of hydrogen-bond acceptors (Lipinski definition) is 3. The second kappa shape index (κ2) is 5.80. The van der Waals surface area contributed by atoms with Crippen LogP contribution in [0.25, 0.3) is 10.9 Å². The van der Waals surface area contributed by atoms with Crippen LogP contribution in [-0.4, -0.2) is 30.5 Å². The predicted octanol–water partition coefficient (Wildman–Crippen LogP) is 1.88. The van der Waals surface area contributed by atoms with E-state index < -0.39 is 0 Å². The first-order valence-electron chi connectivity index (χ1n) is 6.43. The van der Waals surface area contributed by atoms with E-state index in [4.69, 9.17) is 0 Å². The second-order valence-corrected chi connectivity index (χ2v) is 4.73. The molecule has 1 aromatic carbocycles. The molecule has 1 aromatic heterocycles. The summed E-state index contributed by atoms with van der Waals surface area (Å²) in [5.74, 6) is -0.0520. The highest BCUT2D eigenvalue weighted by Crippen LogP contribution is 2.17. The molecule has 2 aromatic rings. The number of carbonyl (C=O) groups is 1. The van der Waals surface area contributed by atoms with Crippen molar-refractivity contribution in [1.29, 1.82) is 0 Å². The number of likely N-dealkylation sites (N-methyl/N-ethyl adjacent to an activating group) is 1. The lowest BCUT2D eigenvalue weighted by Crippen LogP contribution is -2.37. The number of benzene rings is 1. The molecule has 0 radical (unpaired) electrons. The number of fused-ring (bicyclic) bond motifs is 1. The molecule has 0 bridgehead atoms. The Bertz CT molecular complexity index is 595. The summed E-state index contributed by atoms with van der Waals surface area (Å²) in [5, 5.41) is 6.92. The number of carbonyl (C=O) groups excluding carboxylic acids is 1. The number of amides is 1. The van der Waals surface area contributed by atoms with Gasteiger partial charge in [0.15, 0.2) is 0 Å². The average molecular weight is 257 g/mol. The van der Waals surface area contributed by atoms with Gasteiger partial charge in [-0.25, -0.2) is 0 Å². The minimum atomic E-state index is -0.0520. The molecule has 0 spiro atoms. The summed E-state index contributed by atoms with van der Waals surface area (Å²) in [4.78, 5) is 16.7. The first kappa shape index (κ1) is 13.5. The molecule has 0 aliphatic rings. The first-order chi connectivity index (χ1) is 9.11. The summed E-state index contributed by atoms with van der Waals surface area (Å²) in [6, 6.07) is 9.79. The molecule has 0 saturated carbocycles. The summed E-state index contributed by atoms with van der Waals surface area (Å²) in [6.07, 6.45) is 0. The van der Waals surface area contributed by atoms with Crippen molar-refractivity contribution in [1.82, 2.24) is 15.6 Å². The molecule has 2 rings (SSSR count). The van der Waals surface area contributed by atoms with E-state index in [0.29, 0.717) is 12.1 Å². The standard InChI is InChI=1S/C15H19N3O/c1-10-8-13(15(19)17-9-11(2)16-3)12-6-4-5-7-14(12)18-10/h4-8,11,16H,9H2,1-3H3,(H,17,19). The van der Waals surface area contributed by atoms with Gasteiger partial charge in [0.2, 0.25) is 0 Å². The topological polar surface area (TPSA) is 54.0 Å². The van der Waals surface area contributed by atoms with E-state index in [1.165, 1.54) is 0 Å². The Hall–Kier alpha value is -1.94. The van der Waals surface area contributed by atoms with Gasteiger partial charge in [0.1, 0.15) is 0 Å². The third kappa shape index (κ3) is 3.09. The zero-order valence-electron chi connectivity index (χ0n) is 11.5. The van der Waals surface area contributed by atoms with Gasteiger partial charge in [0.05, 0.1) is 11.1 Å². The molecule has 1 amide bonds. The fraction of sp³-hybridized carbons (Fsp3) is 0.333. The molecule has 4 heteroatoms. The van der Waals surface area contributed by atoms with Gasteiger partial charge < -0.3 is 10.6 Å². The van der Waals surface area contributed by atoms with Crippen LogP contribution in [0.5, 0.6) is 0 Å². The van der Waals surface area contributed by atoms with Gasteiger partial charge in [-0.1, -0.05) is 18.2 Å². The smallest absolute Gasteiger partial charge is 0.252 e. The van der Waals surface area contributed by atoms with E-state index in [-0.39, 0.29) is 11.9 Å². The maximum Gasteiger partial charge on any atom is 0.252 e. The third-order valence-electron chi connectivity index (χ3n) is 3.15. The number of nitrogens with one attached hydrogen (secondary N) is 2. The van der Waals surface area contributed by atoms with E-state index in [1.807, 2.05) is 51.2 Å². The molecule has 0 aliphatic carbocycles. The average Bonchev–Trinajstić information content (AvgIpc) is 2.43. The van der Waals surface area contributed by atoms with Gasteiger partial charge in [0.25, 0.3) is 5.91 Å². The van der Waals surface area contributed by atoms with Crippen LogP contribution in [0, 0.1) is 6.92 Å². The first-order valence-corrected chi connectivity index (χ1v) is 6.43. The highest BCUT2D eigenvalue weighted by Gasteiger charge is 2.12. The van der Waals surface area contributed by atoms with Crippen molar-refractivity contribution < 1.29 is 4.79 Å². The largest absolute Gasteiger partial charge is 0.350 e. The van der Waals surface area contributed by atoms with Crippen molar-refractivity contribution in [3.8, 4) is 0 Å². The van der Waals surface area contributed by atoms with Gasteiger partial charge in [-0.05, 0) is 33.0 Å². The highest BCUT2D eigenvalue weighted by molar-refractivity contribution is 6.06. The Morgan fingerprint density at radius 2 is 2.11 bits per heavy atom. The van der Waals surface area contributed by atoms with Crippen molar-refractivity contribution in [2.45, 2.75) is 19.9 Å². The molecule has 1 heterocycles. The van der Waals surface area contributed by atoms with Crippen LogP contribution >= 0.6 is 0 Å². The molecule has 4 nitrogen and oxygen atoms in total. The van der Waals surface area contributed by atoms with Gasteiger partial charge in [-0.15, -0.1) is 0 Å². The third-order valence-corrected chi connectivity index (χ3v) is 3.15. The number of pyridine rings is 1. The van der Waals surface area contributed by atoms with Crippen LogP contribution in [0.1, 0.15) is 23.0 Å². The van der Waals surface area contributed by atoms with Crippen LogP contribution in [-0.2, 0) is 0 Å². The maximum atomic E-state index is 12.3. The molecule has 2 N–H and O–H groups in total. The molecular formula is C15H19N3O. The zero-order chi connectivity index (χ0) is 13.8. The van der Waals surface area contributed by atoms with Crippen LogP contribution < -0.4 is 10.6 Å². The van der Waals surface area contributed by atoms with E-state index in [9.17, 15) is 4.79 Å². The van der Waals surface area contributed by atoms with Gasteiger partial charge >= 0.3 is 0 Å². The Morgan fingerprint density at radius 1 is 1.37 bits per heavy atom. The molecule has 0 saturated heterocycles.